The molecule has 0 amide bonds. The number of rotatable bonds is 8. The summed E-state index contributed by atoms with van der Waals surface area (Å²) in [6, 6.07) is 29.0. The molecule has 1 N–H and O–H groups in total. The number of nitrogens with zero attached hydrogens (tertiary/aromatic N) is 2. The maximum atomic E-state index is 11.4. The Hall–Kier alpha value is -3.18. The van der Waals surface area contributed by atoms with E-state index in [1.54, 1.807) is 18.2 Å². The molecule has 3 aromatic rings. The first kappa shape index (κ1) is 21.1. The Morgan fingerprint density at radius 2 is 1.55 bits per heavy atom. The lowest BCUT2D eigenvalue weighted by Crippen LogP contribution is -2.37. The molecule has 0 bridgehead atoms. The van der Waals surface area contributed by atoms with E-state index in [1.807, 2.05) is 6.07 Å². The average Bonchev–Trinajstić information content (AvgIpc) is 3.23. The Bertz CT molecular complexity index is 954. The Morgan fingerprint density at radius 3 is 2.16 bits per heavy atom. The molecule has 1 saturated heterocycles. The second kappa shape index (κ2) is 9.75. The van der Waals surface area contributed by atoms with E-state index in [-0.39, 0.29) is 22.7 Å². The molecule has 2 atom stereocenters. The molecule has 1 fully saturated rings. The van der Waals surface area contributed by atoms with Crippen LogP contribution in [-0.2, 0) is 0 Å². The quantitative estimate of drug-likeness (QED) is 0.360. The van der Waals surface area contributed by atoms with Crippen molar-refractivity contribution >= 4 is 11.4 Å². The number of nitro groups is 1. The van der Waals surface area contributed by atoms with E-state index in [4.69, 9.17) is 0 Å². The minimum absolute atomic E-state index is 0.124. The van der Waals surface area contributed by atoms with Gasteiger partial charge in [0.2, 0.25) is 0 Å². The van der Waals surface area contributed by atoms with Crippen molar-refractivity contribution in [2.24, 2.45) is 0 Å². The number of nitro benzene ring substituents is 1. The first-order valence-electron chi connectivity index (χ1n) is 11.0. The maximum Gasteiger partial charge on any atom is 0.292 e. The minimum atomic E-state index is -0.322. The average molecular weight is 416 g/mol. The molecular weight excluding hydrogens is 386 g/mol. The lowest BCUT2D eigenvalue weighted by Gasteiger charge is -2.35. The van der Waals surface area contributed by atoms with Gasteiger partial charge < -0.3 is 5.32 Å². The molecule has 0 unspecified atom stereocenters. The third-order valence-electron chi connectivity index (χ3n) is 6.11. The highest BCUT2D eigenvalue weighted by Gasteiger charge is 2.33. The molecule has 0 radical (unpaired) electrons. The maximum absolute atomic E-state index is 11.4. The Kier molecular flexibility index (Phi) is 6.63. The number of likely N-dealkylation sites (tertiary alicyclic amines) is 1. The number of hydrogen-bond donors (Lipinski definition) is 1. The van der Waals surface area contributed by atoms with Crippen LogP contribution in [0.3, 0.4) is 0 Å². The van der Waals surface area contributed by atoms with E-state index >= 15 is 0 Å². The number of hydrogen-bond acceptors (Lipinski definition) is 4. The van der Waals surface area contributed by atoms with Gasteiger partial charge in [0.15, 0.2) is 0 Å². The molecule has 5 heteroatoms. The first-order valence-corrected chi connectivity index (χ1v) is 11.0. The van der Waals surface area contributed by atoms with Gasteiger partial charge in [0, 0.05) is 18.2 Å². The highest BCUT2D eigenvalue weighted by Crippen LogP contribution is 2.36. The molecule has 160 valence electrons. The zero-order valence-electron chi connectivity index (χ0n) is 17.9. The van der Waals surface area contributed by atoms with Crippen LogP contribution < -0.4 is 5.32 Å². The van der Waals surface area contributed by atoms with Gasteiger partial charge in [-0.1, -0.05) is 72.8 Å². The highest BCUT2D eigenvalue weighted by atomic mass is 16.6. The van der Waals surface area contributed by atoms with Crippen molar-refractivity contribution in [1.29, 1.82) is 0 Å². The van der Waals surface area contributed by atoms with Gasteiger partial charge in [-0.25, -0.2) is 0 Å². The van der Waals surface area contributed by atoms with Gasteiger partial charge in [-0.15, -0.1) is 0 Å². The zero-order valence-corrected chi connectivity index (χ0v) is 17.9. The smallest absolute Gasteiger partial charge is 0.292 e. The van der Waals surface area contributed by atoms with E-state index in [0.29, 0.717) is 11.7 Å². The molecule has 1 heterocycles. The molecule has 0 aliphatic carbocycles. The zero-order chi connectivity index (χ0) is 21.6. The van der Waals surface area contributed by atoms with Crippen molar-refractivity contribution < 1.29 is 4.92 Å². The van der Waals surface area contributed by atoms with E-state index < -0.39 is 0 Å². The SMILES string of the molecule is C[C@@H](C[C@@H]1CCCN1C(c1ccccc1)c1ccccc1)Nc1ccccc1[N+](=O)[O-]. The van der Waals surface area contributed by atoms with Crippen molar-refractivity contribution in [3.63, 3.8) is 0 Å². The third kappa shape index (κ3) is 4.94. The summed E-state index contributed by atoms with van der Waals surface area (Å²) in [5.41, 5.74) is 3.33. The molecule has 31 heavy (non-hydrogen) atoms. The number of para-hydroxylation sites is 2. The molecular formula is C26H29N3O2. The van der Waals surface area contributed by atoms with Gasteiger partial charge in [0.05, 0.1) is 11.0 Å². The summed E-state index contributed by atoms with van der Waals surface area (Å²) in [7, 11) is 0. The summed E-state index contributed by atoms with van der Waals surface area (Å²) >= 11 is 0. The normalized spacial score (nSPS) is 17.5. The van der Waals surface area contributed by atoms with Gasteiger partial charge >= 0.3 is 0 Å². The van der Waals surface area contributed by atoms with E-state index in [9.17, 15) is 10.1 Å². The second-order valence-electron chi connectivity index (χ2n) is 8.31. The monoisotopic (exact) mass is 415 g/mol. The lowest BCUT2D eigenvalue weighted by atomic mass is 9.95. The largest absolute Gasteiger partial charge is 0.377 e. The van der Waals surface area contributed by atoms with Gasteiger partial charge in [-0.05, 0) is 49.9 Å². The second-order valence-corrected chi connectivity index (χ2v) is 8.31. The fraction of sp³-hybridized carbons (Fsp3) is 0.308. The summed E-state index contributed by atoms with van der Waals surface area (Å²) in [5, 5.41) is 14.7. The van der Waals surface area contributed by atoms with Crippen LogP contribution in [0.15, 0.2) is 84.9 Å². The Morgan fingerprint density at radius 1 is 0.968 bits per heavy atom. The van der Waals surface area contributed by atoms with Crippen LogP contribution >= 0.6 is 0 Å². The molecule has 0 saturated carbocycles. The fourth-order valence-corrected chi connectivity index (χ4v) is 4.78. The van der Waals surface area contributed by atoms with Crippen molar-refractivity contribution in [3.8, 4) is 0 Å². The molecule has 0 aromatic heterocycles. The summed E-state index contributed by atoms with van der Waals surface area (Å²) in [4.78, 5) is 13.7. The van der Waals surface area contributed by atoms with Crippen molar-refractivity contribution in [2.75, 3.05) is 11.9 Å². The number of benzene rings is 3. The van der Waals surface area contributed by atoms with Crippen molar-refractivity contribution in [1.82, 2.24) is 4.90 Å². The Labute approximate surface area is 183 Å². The van der Waals surface area contributed by atoms with E-state index in [2.05, 4.69) is 77.8 Å². The minimum Gasteiger partial charge on any atom is -0.377 e. The topological polar surface area (TPSA) is 58.4 Å². The van der Waals surface area contributed by atoms with E-state index in [1.165, 1.54) is 17.5 Å². The summed E-state index contributed by atoms with van der Waals surface area (Å²) in [6.45, 7) is 3.17. The van der Waals surface area contributed by atoms with Crippen molar-refractivity contribution in [2.45, 2.75) is 44.3 Å². The molecule has 1 aliphatic heterocycles. The lowest BCUT2D eigenvalue weighted by molar-refractivity contribution is -0.384. The summed E-state index contributed by atoms with van der Waals surface area (Å²) in [6.07, 6.45) is 3.24. The molecule has 3 aromatic carbocycles. The van der Waals surface area contributed by atoms with Crippen LogP contribution in [0.2, 0.25) is 0 Å². The molecule has 0 spiro atoms. The van der Waals surface area contributed by atoms with Gasteiger partial charge in [-0.2, -0.15) is 0 Å². The molecule has 5 nitrogen and oxygen atoms in total. The van der Waals surface area contributed by atoms with Crippen molar-refractivity contribution in [3.05, 3.63) is 106 Å². The van der Waals surface area contributed by atoms with Crippen LogP contribution in [0.1, 0.15) is 43.4 Å². The predicted molar refractivity (Wildman–Crippen MR) is 125 cm³/mol. The van der Waals surface area contributed by atoms with Gasteiger partial charge in [0.25, 0.3) is 5.69 Å². The standard InChI is InChI=1S/C26H29N3O2/c1-20(27-24-16-8-9-17-25(24)29(30)31)19-23-15-10-18-28(23)26(21-11-4-2-5-12-21)22-13-6-3-7-14-22/h2-9,11-14,16-17,20,23,26-27H,10,15,18-19H2,1H3/t20-,23-/m0/s1. The van der Waals surface area contributed by atoms with Crippen LogP contribution in [0.25, 0.3) is 0 Å². The van der Waals surface area contributed by atoms with Crippen LogP contribution in [0.5, 0.6) is 0 Å². The third-order valence-corrected chi connectivity index (χ3v) is 6.11. The number of anilines is 1. The van der Waals surface area contributed by atoms with Gasteiger partial charge in [0.1, 0.15) is 5.69 Å². The summed E-state index contributed by atoms with van der Waals surface area (Å²) < 4.78 is 0. The fourth-order valence-electron chi connectivity index (χ4n) is 4.78. The molecule has 1 aliphatic rings. The summed E-state index contributed by atoms with van der Waals surface area (Å²) in [5.74, 6) is 0. The van der Waals surface area contributed by atoms with Gasteiger partial charge in [-0.3, -0.25) is 15.0 Å². The predicted octanol–water partition coefficient (Wildman–Crippen LogP) is 6.04. The number of nitrogens with one attached hydrogen (secondary N) is 1. The highest BCUT2D eigenvalue weighted by molar-refractivity contribution is 5.61. The Balaban J connectivity index is 1.54. The first-order chi connectivity index (χ1) is 15.1. The van der Waals surface area contributed by atoms with Crippen LogP contribution in [0, 0.1) is 10.1 Å². The van der Waals surface area contributed by atoms with E-state index in [0.717, 1.165) is 19.4 Å². The van der Waals surface area contributed by atoms with Crippen LogP contribution in [0.4, 0.5) is 11.4 Å². The van der Waals surface area contributed by atoms with Crippen LogP contribution in [-0.4, -0.2) is 28.5 Å². The molecule has 4 rings (SSSR count).